The number of carbonyl (C=O) groups excluding carboxylic acids is 1. The molecule has 0 saturated carbocycles. The average molecular weight is 286 g/mol. The molecule has 0 aliphatic rings. The van der Waals surface area contributed by atoms with Crippen LogP contribution in [0.15, 0.2) is 29.8 Å². The molecule has 5 heteroatoms. The first-order valence-electron chi connectivity index (χ1n) is 6.39. The molecule has 0 radical (unpaired) electrons. The molecule has 0 amide bonds. The van der Waals surface area contributed by atoms with Gasteiger partial charge in [0.05, 0.1) is 6.61 Å². The minimum absolute atomic E-state index is 0.591. The van der Waals surface area contributed by atoms with E-state index < -0.39 is 0 Å². The lowest BCUT2D eigenvalue weighted by Crippen LogP contribution is -1.95. The fourth-order valence-corrected chi connectivity index (χ4v) is 2.99. The van der Waals surface area contributed by atoms with E-state index in [0.717, 1.165) is 33.8 Å². The molecule has 0 aliphatic heterocycles. The fourth-order valence-electron chi connectivity index (χ4n) is 2.27. The summed E-state index contributed by atoms with van der Waals surface area (Å²) in [6.07, 6.45) is 2.72. The molecule has 0 bridgehead atoms. The molecule has 0 fully saturated rings. The second-order valence-electron chi connectivity index (χ2n) is 4.43. The molecule has 0 N–H and O–H groups in total. The van der Waals surface area contributed by atoms with Gasteiger partial charge in [-0.05, 0) is 37.6 Å². The van der Waals surface area contributed by atoms with Crippen LogP contribution in [0.5, 0.6) is 5.75 Å². The highest BCUT2D eigenvalue weighted by Gasteiger charge is 2.16. The number of thiazole rings is 1. The molecule has 0 unspecified atom stereocenters. The van der Waals surface area contributed by atoms with Gasteiger partial charge in [-0.3, -0.25) is 9.20 Å². The molecule has 102 valence electrons. The minimum atomic E-state index is 0.591. The van der Waals surface area contributed by atoms with E-state index in [1.165, 1.54) is 11.3 Å². The SMILES string of the molecule is CCOc1ccc(-c2nc3sccn3c2C=O)c(C)c1. The van der Waals surface area contributed by atoms with E-state index in [2.05, 4.69) is 4.98 Å². The molecule has 3 aromatic rings. The molecule has 3 rings (SSSR count). The molecule has 0 atom stereocenters. The van der Waals surface area contributed by atoms with Crippen molar-refractivity contribution in [2.75, 3.05) is 6.61 Å². The van der Waals surface area contributed by atoms with E-state index in [4.69, 9.17) is 4.74 Å². The summed E-state index contributed by atoms with van der Waals surface area (Å²) in [5.74, 6) is 0.836. The van der Waals surface area contributed by atoms with Crippen LogP contribution in [0.3, 0.4) is 0 Å². The number of hydrogen-bond donors (Lipinski definition) is 0. The van der Waals surface area contributed by atoms with Gasteiger partial charge < -0.3 is 4.74 Å². The molecule has 0 spiro atoms. The lowest BCUT2D eigenvalue weighted by atomic mass is 10.0. The van der Waals surface area contributed by atoms with E-state index in [-0.39, 0.29) is 0 Å². The Morgan fingerprint density at radius 2 is 2.30 bits per heavy atom. The van der Waals surface area contributed by atoms with Gasteiger partial charge in [-0.25, -0.2) is 4.98 Å². The van der Waals surface area contributed by atoms with E-state index in [0.29, 0.717) is 12.3 Å². The summed E-state index contributed by atoms with van der Waals surface area (Å²) in [7, 11) is 0. The van der Waals surface area contributed by atoms with Gasteiger partial charge in [0.15, 0.2) is 11.2 Å². The summed E-state index contributed by atoms with van der Waals surface area (Å²) in [6, 6.07) is 5.84. The van der Waals surface area contributed by atoms with Crippen LogP contribution in [-0.4, -0.2) is 22.3 Å². The summed E-state index contributed by atoms with van der Waals surface area (Å²) in [5, 5.41) is 1.92. The Balaban J connectivity index is 2.15. The molecule has 0 saturated heterocycles. The summed E-state index contributed by atoms with van der Waals surface area (Å²) in [6.45, 7) is 4.59. The van der Waals surface area contributed by atoms with Gasteiger partial charge in [-0.15, -0.1) is 11.3 Å². The van der Waals surface area contributed by atoms with Crippen LogP contribution in [0, 0.1) is 6.92 Å². The highest BCUT2D eigenvalue weighted by atomic mass is 32.1. The minimum Gasteiger partial charge on any atom is -0.494 e. The largest absolute Gasteiger partial charge is 0.494 e. The third kappa shape index (κ3) is 2.00. The zero-order valence-electron chi connectivity index (χ0n) is 11.3. The van der Waals surface area contributed by atoms with Crippen molar-refractivity contribution in [1.29, 1.82) is 0 Å². The summed E-state index contributed by atoms with van der Waals surface area (Å²) in [5.41, 5.74) is 3.33. The number of imidazole rings is 1. The summed E-state index contributed by atoms with van der Waals surface area (Å²) in [4.78, 5) is 16.8. The molecule has 20 heavy (non-hydrogen) atoms. The van der Waals surface area contributed by atoms with Crippen LogP contribution in [0.25, 0.3) is 16.2 Å². The molecule has 2 heterocycles. The highest BCUT2D eigenvalue weighted by molar-refractivity contribution is 7.15. The second kappa shape index (κ2) is 5.09. The van der Waals surface area contributed by atoms with Gasteiger partial charge in [0.1, 0.15) is 17.1 Å². The van der Waals surface area contributed by atoms with Gasteiger partial charge in [-0.2, -0.15) is 0 Å². The third-order valence-corrected chi connectivity index (χ3v) is 3.93. The van der Waals surface area contributed by atoms with Crippen molar-refractivity contribution < 1.29 is 9.53 Å². The lowest BCUT2D eigenvalue weighted by Gasteiger charge is -2.08. The number of nitrogens with zero attached hydrogens (tertiary/aromatic N) is 2. The third-order valence-electron chi connectivity index (χ3n) is 3.17. The van der Waals surface area contributed by atoms with Crippen molar-refractivity contribution in [2.45, 2.75) is 13.8 Å². The van der Waals surface area contributed by atoms with Gasteiger partial charge >= 0.3 is 0 Å². The van der Waals surface area contributed by atoms with E-state index in [1.54, 1.807) is 0 Å². The Kier molecular flexibility index (Phi) is 3.28. The molecular weight excluding hydrogens is 272 g/mol. The van der Waals surface area contributed by atoms with Crippen molar-refractivity contribution in [1.82, 2.24) is 9.38 Å². The smallest absolute Gasteiger partial charge is 0.194 e. The van der Waals surface area contributed by atoms with E-state index >= 15 is 0 Å². The van der Waals surface area contributed by atoms with Crippen LogP contribution in [0.1, 0.15) is 23.0 Å². The number of ether oxygens (including phenoxy) is 1. The molecule has 2 aromatic heterocycles. The Morgan fingerprint density at radius 3 is 3.00 bits per heavy atom. The summed E-state index contributed by atoms with van der Waals surface area (Å²) >= 11 is 1.52. The van der Waals surface area contributed by atoms with Crippen LogP contribution >= 0.6 is 11.3 Å². The van der Waals surface area contributed by atoms with Gasteiger partial charge in [0, 0.05) is 17.1 Å². The van der Waals surface area contributed by atoms with E-state index in [9.17, 15) is 4.79 Å². The highest BCUT2D eigenvalue weighted by Crippen LogP contribution is 2.30. The second-order valence-corrected chi connectivity index (χ2v) is 5.30. The maximum atomic E-state index is 11.4. The molecule has 4 nitrogen and oxygen atoms in total. The Labute approximate surface area is 120 Å². The van der Waals surface area contributed by atoms with Gasteiger partial charge in [0.25, 0.3) is 0 Å². The lowest BCUT2D eigenvalue weighted by molar-refractivity contribution is 0.111. The first kappa shape index (κ1) is 12.9. The number of carbonyl (C=O) groups is 1. The zero-order chi connectivity index (χ0) is 14.1. The monoisotopic (exact) mass is 286 g/mol. The van der Waals surface area contributed by atoms with Crippen molar-refractivity contribution in [3.05, 3.63) is 41.0 Å². The number of aromatic nitrogens is 2. The van der Waals surface area contributed by atoms with Crippen LogP contribution in [-0.2, 0) is 0 Å². The number of rotatable bonds is 4. The predicted molar refractivity (Wildman–Crippen MR) is 79.8 cm³/mol. The van der Waals surface area contributed by atoms with Crippen molar-refractivity contribution in [3.63, 3.8) is 0 Å². The number of aldehydes is 1. The van der Waals surface area contributed by atoms with Crippen LogP contribution in [0.4, 0.5) is 0 Å². The van der Waals surface area contributed by atoms with Crippen molar-refractivity contribution in [3.8, 4) is 17.0 Å². The number of benzene rings is 1. The maximum Gasteiger partial charge on any atom is 0.194 e. The van der Waals surface area contributed by atoms with Crippen LogP contribution < -0.4 is 4.74 Å². The van der Waals surface area contributed by atoms with Gasteiger partial charge in [0.2, 0.25) is 0 Å². The topological polar surface area (TPSA) is 43.6 Å². The van der Waals surface area contributed by atoms with Crippen LogP contribution in [0.2, 0.25) is 0 Å². The first-order valence-corrected chi connectivity index (χ1v) is 7.27. The average Bonchev–Trinajstić information content (AvgIpc) is 2.99. The Hall–Kier alpha value is -2.14. The summed E-state index contributed by atoms with van der Waals surface area (Å²) < 4.78 is 7.31. The molecule has 0 aliphatic carbocycles. The Morgan fingerprint density at radius 1 is 1.45 bits per heavy atom. The first-order chi connectivity index (χ1) is 9.74. The number of hydrogen-bond acceptors (Lipinski definition) is 4. The molecule has 1 aromatic carbocycles. The standard InChI is InChI=1S/C15H14N2O2S/c1-3-19-11-4-5-12(10(2)8-11)14-13(9-18)17-6-7-20-15(17)16-14/h4-9H,3H2,1-2H3. The maximum absolute atomic E-state index is 11.4. The van der Waals surface area contributed by atoms with Crippen molar-refractivity contribution >= 4 is 22.6 Å². The zero-order valence-corrected chi connectivity index (χ0v) is 12.1. The predicted octanol–water partition coefficient (Wildman–Crippen LogP) is 3.58. The number of aryl methyl sites for hydroxylation is 1. The quantitative estimate of drug-likeness (QED) is 0.688. The number of fused-ring (bicyclic) bond motifs is 1. The fraction of sp³-hybridized carbons (Fsp3) is 0.200. The molecular formula is C15H14N2O2S. The van der Waals surface area contributed by atoms with Crippen molar-refractivity contribution in [2.24, 2.45) is 0 Å². The Bertz CT molecular complexity index is 773. The van der Waals surface area contributed by atoms with Gasteiger partial charge in [-0.1, -0.05) is 0 Å². The van der Waals surface area contributed by atoms with E-state index in [1.807, 2.05) is 48.0 Å². The normalized spacial score (nSPS) is 10.9.